The summed E-state index contributed by atoms with van der Waals surface area (Å²) in [5.41, 5.74) is 5.69. The van der Waals surface area contributed by atoms with Crippen molar-refractivity contribution in [1.29, 1.82) is 5.26 Å². The van der Waals surface area contributed by atoms with E-state index >= 15 is 0 Å². The van der Waals surface area contributed by atoms with Gasteiger partial charge < -0.3 is 9.30 Å². The zero-order valence-corrected chi connectivity index (χ0v) is 18.5. The topological polar surface area (TPSA) is 85.7 Å². The molecule has 0 atom stereocenters. The predicted octanol–water partition coefficient (Wildman–Crippen LogP) is 4.45. The van der Waals surface area contributed by atoms with Gasteiger partial charge in [-0.15, -0.1) is 0 Å². The Labute approximate surface area is 191 Å². The van der Waals surface area contributed by atoms with E-state index in [1.165, 1.54) is 0 Å². The normalized spacial score (nSPS) is 13.0. The third-order valence-electron chi connectivity index (χ3n) is 5.91. The molecule has 0 N–H and O–H groups in total. The highest BCUT2D eigenvalue weighted by Crippen LogP contribution is 2.42. The molecule has 0 unspecified atom stereocenters. The Hall–Kier alpha value is -4.18. The van der Waals surface area contributed by atoms with Gasteiger partial charge in [0, 0.05) is 54.5 Å². The molecule has 3 aromatic heterocycles. The summed E-state index contributed by atoms with van der Waals surface area (Å²) in [6.45, 7) is 2.44. The SMILES string of the molecule is CCOc1ccc(-c2cc(=O)n(C)cc2-c2cnn(-c3cccc(C4CC4)c3C#N)c2)cn1. The van der Waals surface area contributed by atoms with Crippen LogP contribution in [-0.2, 0) is 7.05 Å². The lowest BCUT2D eigenvalue weighted by Crippen LogP contribution is -2.15. The number of hydrogen-bond acceptors (Lipinski definition) is 5. The third kappa shape index (κ3) is 3.92. The van der Waals surface area contributed by atoms with Crippen molar-refractivity contribution in [3.63, 3.8) is 0 Å². The van der Waals surface area contributed by atoms with E-state index < -0.39 is 0 Å². The van der Waals surface area contributed by atoms with Crippen LogP contribution >= 0.6 is 0 Å². The van der Waals surface area contributed by atoms with E-state index in [9.17, 15) is 10.1 Å². The Balaban J connectivity index is 1.59. The number of nitrogens with zero attached hydrogens (tertiary/aromatic N) is 5. The molecule has 4 aromatic rings. The third-order valence-corrected chi connectivity index (χ3v) is 5.91. The molecule has 0 aliphatic heterocycles. The first-order chi connectivity index (χ1) is 16.1. The summed E-state index contributed by atoms with van der Waals surface area (Å²) in [7, 11) is 1.73. The second-order valence-corrected chi connectivity index (χ2v) is 8.17. The van der Waals surface area contributed by atoms with Crippen molar-refractivity contribution in [1.82, 2.24) is 19.3 Å². The maximum absolute atomic E-state index is 12.4. The van der Waals surface area contributed by atoms with Crippen LogP contribution < -0.4 is 10.3 Å². The summed E-state index contributed by atoms with van der Waals surface area (Å²) in [6.07, 6.45) is 9.43. The van der Waals surface area contributed by atoms with Crippen molar-refractivity contribution >= 4 is 0 Å². The van der Waals surface area contributed by atoms with Gasteiger partial charge in [0.25, 0.3) is 5.56 Å². The van der Waals surface area contributed by atoms with Crippen LogP contribution in [0.1, 0.15) is 36.8 Å². The summed E-state index contributed by atoms with van der Waals surface area (Å²) in [5, 5.41) is 14.4. The zero-order chi connectivity index (χ0) is 22.9. The molecule has 5 rings (SSSR count). The first-order valence-corrected chi connectivity index (χ1v) is 11.0. The molecule has 1 saturated carbocycles. The Morgan fingerprint density at radius 2 is 1.97 bits per heavy atom. The monoisotopic (exact) mass is 437 g/mol. The van der Waals surface area contributed by atoms with Crippen LogP contribution in [0.2, 0.25) is 0 Å². The quantitative estimate of drug-likeness (QED) is 0.445. The van der Waals surface area contributed by atoms with Gasteiger partial charge in [-0.25, -0.2) is 9.67 Å². The van der Waals surface area contributed by atoms with Crippen LogP contribution in [0.3, 0.4) is 0 Å². The number of pyridine rings is 2. The van der Waals surface area contributed by atoms with E-state index in [2.05, 4.69) is 16.2 Å². The maximum Gasteiger partial charge on any atom is 0.250 e. The van der Waals surface area contributed by atoms with Gasteiger partial charge in [-0.05, 0) is 48.9 Å². The zero-order valence-electron chi connectivity index (χ0n) is 18.5. The minimum absolute atomic E-state index is 0.112. The number of ether oxygens (including phenoxy) is 1. The predicted molar refractivity (Wildman–Crippen MR) is 125 cm³/mol. The first-order valence-electron chi connectivity index (χ1n) is 11.0. The molecule has 0 saturated heterocycles. The highest BCUT2D eigenvalue weighted by Gasteiger charge is 2.27. The van der Waals surface area contributed by atoms with Crippen LogP contribution in [0.5, 0.6) is 5.88 Å². The van der Waals surface area contributed by atoms with Crippen molar-refractivity contribution in [3.8, 4) is 39.9 Å². The number of benzene rings is 1. The van der Waals surface area contributed by atoms with Crippen molar-refractivity contribution < 1.29 is 4.74 Å². The van der Waals surface area contributed by atoms with Crippen LogP contribution in [0.4, 0.5) is 0 Å². The molecule has 7 nitrogen and oxygen atoms in total. The number of rotatable bonds is 6. The minimum atomic E-state index is -0.112. The van der Waals surface area contributed by atoms with Crippen molar-refractivity contribution in [3.05, 3.63) is 82.7 Å². The Kier molecular flexibility index (Phi) is 5.27. The molecule has 1 aliphatic carbocycles. The van der Waals surface area contributed by atoms with Crippen LogP contribution in [0.15, 0.2) is 66.0 Å². The van der Waals surface area contributed by atoms with Gasteiger partial charge in [0.05, 0.1) is 24.1 Å². The maximum atomic E-state index is 12.4. The number of aryl methyl sites for hydroxylation is 1. The van der Waals surface area contributed by atoms with Gasteiger partial charge >= 0.3 is 0 Å². The lowest BCUT2D eigenvalue weighted by atomic mass is 9.99. The van der Waals surface area contributed by atoms with E-state index in [4.69, 9.17) is 4.74 Å². The molecule has 0 spiro atoms. The van der Waals surface area contributed by atoms with Gasteiger partial charge in [0.2, 0.25) is 5.88 Å². The molecule has 3 heterocycles. The Morgan fingerprint density at radius 3 is 2.67 bits per heavy atom. The molecule has 1 fully saturated rings. The minimum Gasteiger partial charge on any atom is -0.478 e. The summed E-state index contributed by atoms with van der Waals surface area (Å²) < 4.78 is 8.73. The summed E-state index contributed by atoms with van der Waals surface area (Å²) in [4.78, 5) is 16.8. The van der Waals surface area contributed by atoms with Crippen LogP contribution in [0, 0.1) is 11.3 Å². The molecular weight excluding hydrogens is 414 g/mol. The molecule has 7 heteroatoms. The van der Waals surface area contributed by atoms with Gasteiger partial charge in [0.1, 0.15) is 6.07 Å². The van der Waals surface area contributed by atoms with E-state index in [0.29, 0.717) is 24.0 Å². The van der Waals surface area contributed by atoms with Gasteiger partial charge in [0.15, 0.2) is 0 Å². The fourth-order valence-corrected chi connectivity index (χ4v) is 4.07. The molecule has 1 aliphatic rings. The standard InChI is InChI=1S/C26H23N5O2/c1-3-33-25-10-9-18(13-28-25)21-11-26(32)30(2)16-23(21)19-14-29-31(15-19)24-6-4-5-20(17-7-8-17)22(24)12-27/h4-6,9-11,13-17H,3,7-8H2,1-2H3. The van der Waals surface area contributed by atoms with Gasteiger partial charge in [-0.2, -0.15) is 10.4 Å². The van der Waals surface area contributed by atoms with E-state index in [0.717, 1.165) is 46.3 Å². The number of nitriles is 1. The molecule has 1 aromatic carbocycles. The lowest BCUT2D eigenvalue weighted by Gasteiger charge is -2.11. The fourth-order valence-electron chi connectivity index (χ4n) is 4.07. The van der Waals surface area contributed by atoms with E-state index in [1.54, 1.807) is 47.0 Å². The van der Waals surface area contributed by atoms with Crippen molar-refractivity contribution in [2.75, 3.05) is 6.61 Å². The molecule has 0 amide bonds. The highest BCUT2D eigenvalue weighted by atomic mass is 16.5. The molecular formula is C26H23N5O2. The lowest BCUT2D eigenvalue weighted by molar-refractivity contribution is 0.327. The number of hydrogen-bond donors (Lipinski definition) is 0. The largest absolute Gasteiger partial charge is 0.478 e. The van der Waals surface area contributed by atoms with E-state index in [-0.39, 0.29) is 5.56 Å². The average Bonchev–Trinajstić information content (AvgIpc) is 3.57. The summed E-state index contributed by atoms with van der Waals surface area (Å²) >= 11 is 0. The first kappa shape index (κ1) is 20.7. The molecule has 33 heavy (non-hydrogen) atoms. The second kappa shape index (κ2) is 8.40. The fraction of sp³-hybridized carbons (Fsp3) is 0.231. The van der Waals surface area contributed by atoms with E-state index in [1.807, 2.05) is 37.4 Å². The summed E-state index contributed by atoms with van der Waals surface area (Å²) in [5.74, 6) is 1.01. The van der Waals surface area contributed by atoms with Gasteiger partial charge in [-0.1, -0.05) is 12.1 Å². The number of aromatic nitrogens is 4. The Bertz CT molecular complexity index is 1420. The highest BCUT2D eigenvalue weighted by molar-refractivity contribution is 5.82. The van der Waals surface area contributed by atoms with Crippen molar-refractivity contribution in [2.24, 2.45) is 7.05 Å². The molecule has 164 valence electrons. The second-order valence-electron chi connectivity index (χ2n) is 8.17. The smallest absolute Gasteiger partial charge is 0.250 e. The van der Waals surface area contributed by atoms with Crippen LogP contribution in [0.25, 0.3) is 27.9 Å². The van der Waals surface area contributed by atoms with Crippen molar-refractivity contribution in [2.45, 2.75) is 25.7 Å². The average molecular weight is 438 g/mol. The van der Waals surface area contributed by atoms with Gasteiger partial charge in [-0.3, -0.25) is 4.79 Å². The van der Waals surface area contributed by atoms with Crippen LogP contribution in [-0.4, -0.2) is 25.9 Å². The Morgan fingerprint density at radius 1 is 1.12 bits per heavy atom. The molecule has 0 radical (unpaired) electrons. The summed E-state index contributed by atoms with van der Waals surface area (Å²) in [6, 6.07) is 13.6. The molecule has 0 bridgehead atoms.